The van der Waals surface area contributed by atoms with Gasteiger partial charge in [-0.3, -0.25) is 4.90 Å². The van der Waals surface area contributed by atoms with Crippen molar-refractivity contribution < 1.29 is 13.2 Å². The van der Waals surface area contributed by atoms with Crippen molar-refractivity contribution in [2.24, 2.45) is 17.6 Å². The van der Waals surface area contributed by atoms with Gasteiger partial charge < -0.3 is 11.1 Å². The van der Waals surface area contributed by atoms with E-state index >= 15 is 0 Å². The molecule has 8 heteroatoms. The summed E-state index contributed by atoms with van der Waals surface area (Å²) in [4.78, 5) is 2.65. The predicted octanol–water partition coefficient (Wildman–Crippen LogP) is 7.17. The number of anilines is 1. The standard InChI is InChI=1S/C33H36F3N5/c34-33(35,36)31-18-30(41(39-31)29-11-4-6-25(16-29)19-37)20-38-28-10-5-9-27(17-28)32(26-7-2-1-3-8-26)40(21-23-12-13-23)22-24-14-15-24/h1-11,16-18,23-24,32,38H,12-15,19-22,37H2. The number of hydrogen-bond acceptors (Lipinski definition) is 4. The van der Waals surface area contributed by atoms with E-state index in [4.69, 9.17) is 5.73 Å². The molecule has 214 valence electrons. The normalized spacial score (nSPS) is 16.2. The molecule has 0 saturated heterocycles. The van der Waals surface area contributed by atoms with Gasteiger partial charge in [0.25, 0.3) is 0 Å². The Kier molecular flexibility index (Phi) is 7.86. The number of halogens is 3. The number of alkyl halides is 3. The Morgan fingerprint density at radius 2 is 1.54 bits per heavy atom. The van der Waals surface area contributed by atoms with E-state index < -0.39 is 11.9 Å². The van der Waals surface area contributed by atoms with Crippen LogP contribution >= 0.6 is 0 Å². The third-order valence-corrected chi connectivity index (χ3v) is 8.00. The lowest BCUT2D eigenvalue weighted by Crippen LogP contribution is -2.33. The molecule has 4 aromatic rings. The molecular formula is C33H36F3N5. The smallest absolute Gasteiger partial charge is 0.379 e. The summed E-state index contributed by atoms with van der Waals surface area (Å²) in [6.45, 7) is 2.66. The van der Waals surface area contributed by atoms with Gasteiger partial charge in [-0.25, -0.2) is 4.68 Å². The van der Waals surface area contributed by atoms with Crippen molar-refractivity contribution in [2.75, 3.05) is 18.4 Å². The molecule has 41 heavy (non-hydrogen) atoms. The second-order valence-electron chi connectivity index (χ2n) is 11.4. The quantitative estimate of drug-likeness (QED) is 0.193. The van der Waals surface area contributed by atoms with Crippen molar-refractivity contribution >= 4 is 5.69 Å². The highest BCUT2D eigenvalue weighted by Crippen LogP contribution is 2.40. The monoisotopic (exact) mass is 559 g/mol. The number of aromatic nitrogens is 2. The first-order chi connectivity index (χ1) is 19.9. The fourth-order valence-corrected chi connectivity index (χ4v) is 5.53. The van der Waals surface area contributed by atoms with Crippen LogP contribution in [0.3, 0.4) is 0 Å². The van der Waals surface area contributed by atoms with Gasteiger partial charge in [0.2, 0.25) is 0 Å². The molecule has 3 N–H and O–H groups in total. The van der Waals surface area contributed by atoms with E-state index in [9.17, 15) is 13.2 Å². The second-order valence-corrected chi connectivity index (χ2v) is 11.4. The molecule has 2 aliphatic rings. The van der Waals surface area contributed by atoms with Gasteiger partial charge in [0.05, 0.1) is 24.0 Å². The summed E-state index contributed by atoms with van der Waals surface area (Å²) >= 11 is 0. The van der Waals surface area contributed by atoms with Crippen LogP contribution in [0.25, 0.3) is 5.69 Å². The highest BCUT2D eigenvalue weighted by Gasteiger charge is 2.36. The molecule has 0 radical (unpaired) electrons. The maximum absolute atomic E-state index is 13.7. The highest BCUT2D eigenvalue weighted by atomic mass is 19.4. The summed E-state index contributed by atoms with van der Waals surface area (Å²) in [6.07, 6.45) is 0.650. The molecule has 2 saturated carbocycles. The number of nitrogens with one attached hydrogen (secondary N) is 1. The van der Waals surface area contributed by atoms with Gasteiger partial charge >= 0.3 is 6.18 Å². The van der Waals surface area contributed by atoms with E-state index in [1.54, 1.807) is 18.2 Å². The summed E-state index contributed by atoms with van der Waals surface area (Å²) in [5.74, 6) is 1.53. The summed E-state index contributed by atoms with van der Waals surface area (Å²) in [7, 11) is 0. The third kappa shape index (κ3) is 6.82. The van der Waals surface area contributed by atoms with Crippen LogP contribution in [0.1, 0.15) is 59.8 Å². The van der Waals surface area contributed by atoms with Gasteiger partial charge in [-0.05, 0) is 84.5 Å². The first-order valence-corrected chi connectivity index (χ1v) is 14.5. The van der Waals surface area contributed by atoms with Gasteiger partial charge in [0.15, 0.2) is 5.69 Å². The molecule has 2 fully saturated rings. The van der Waals surface area contributed by atoms with Crippen LogP contribution in [0.4, 0.5) is 18.9 Å². The molecule has 2 aliphatic carbocycles. The fourth-order valence-electron chi connectivity index (χ4n) is 5.53. The molecule has 6 rings (SSSR count). The molecule has 1 aromatic heterocycles. The van der Waals surface area contributed by atoms with Crippen molar-refractivity contribution in [3.05, 3.63) is 113 Å². The van der Waals surface area contributed by atoms with Crippen LogP contribution in [-0.4, -0.2) is 27.8 Å². The van der Waals surface area contributed by atoms with Crippen LogP contribution in [0.5, 0.6) is 0 Å². The summed E-state index contributed by atoms with van der Waals surface area (Å²) < 4.78 is 42.3. The molecule has 1 unspecified atom stereocenters. The van der Waals surface area contributed by atoms with E-state index in [0.29, 0.717) is 17.9 Å². The minimum absolute atomic E-state index is 0.125. The third-order valence-electron chi connectivity index (χ3n) is 8.00. The molecule has 5 nitrogen and oxygen atoms in total. The lowest BCUT2D eigenvalue weighted by molar-refractivity contribution is -0.141. The van der Waals surface area contributed by atoms with Crippen LogP contribution in [-0.2, 0) is 19.3 Å². The Morgan fingerprint density at radius 1 is 0.854 bits per heavy atom. The van der Waals surface area contributed by atoms with Crippen LogP contribution in [0, 0.1) is 11.8 Å². The Balaban J connectivity index is 1.29. The average molecular weight is 560 g/mol. The average Bonchev–Trinajstić information content (AvgIpc) is 3.92. The maximum atomic E-state index is 13.7. The van der Waals surface area contributed by atoms with Crippen LogP contribution in [0.15, 0.2) is 84.9 Å². The summed E-state index contributed by atoms with van der Waals surface area (Å²) in [6, 6.07) is 27.3. The van der Waals surface area contributed by atoms with Crippen molar-refractivity contribution in [2.45, 2.75) is 51.0 Å². The van der Waals surface area contributed by atoms with Crippen molar-refractivity contribution in [3.63, 3.8) is 0 Å². The molecular weight excluding hydrogens is 523 g/mol. The SMILES string of the molecule is NCc1cccc(-n2nc(C(F)(F)F)cc2CNc2cccc(C(c3ccccc3)N(CC3CC3)CC3CC3)c2)c1. The zero-order chi connectivity index (χ0) is 28.4. The lowest BCUT2D eigenvalue weighted by Gasteiger charge is -2.33. The zero-order valence-electron chi connectivity index (χ0n) is 23.0. The zero-order valence-corrected chi connectivity index (χ0v) is 23.0. The van der Waals surface area contributed by atoms with Gasteiger partial charge in [0, 0.05) is 25.3 Å². The van der Waals surface area contributed by atoms with E-state index in [1.807, 2.05) is 24.3 Å². The summed E-state index contributed by atoms with van der Waals surface area (Å²) in [5.41, 5.74) is 9.96. The van der Waals surface area contributed by atoms with Crippen LogP contribution in [0.2, 0.25) is 0 Å². The molecule has 1 atom stereocenters. The van der Waals surface area contributed by atoms with Gasteiger partial charge in [-0.15, -0.1) is 0 Å². The van der Waals surface area contributed by atoms with E-state index in [-0.39, 0.29) is 12.6 Å². The number of benzene rings is 3. The Bertz CT molecular complexity index is 1440. The minimum Gasteiger partial charge on any atom is -0.379 e. The number of nitrogens with two attached hydrogens (primary N) is 1. The first kappa shape index (κ1) is 27.5. The molecule has 0 amide bonds. The number of rotatable bonds is 12. The van der Waals surface area contributed by atoms with E-state index in [0.717, 1.165) is 42.2 Å². The Hall–Kier alpha value is -3.62. The van der Waals surface area contributed by atoms with E-state index in [1.165, 1.54) is 41.5 Å². The predicted molar refractivity (Wildman–Crippen MR) is 156 cm³/mol. The van der Waals surface area contributed by atoms with Crippen LogP contribution < -0.4 is 11.1 Å². The molecule has 3 aromatic carbocycles. The van der Waals surface area contributed by atoms with Gasteiger partial charge in [-0.1, -0.05) is 54.6 Å². The van der Waals surface area contributed by atoms with Crippen molar-refractivity contribution in [1.29, 1.82) is 0 Å². The molecule has 1 heterocycles. The van der Waals surface area contributed by atoms with E-state index in [2.05, 4.69) is 51.7 Å². The second kappa shape index (κ2) is 11.7. The Morgan fingerprint density at radius 3 is 2.20 bits per heavy atom. The highest BCUT2D eigenvalue weighted by molar-refractivity contribution is 5.49. The number of hydrogen-bond donors (Lipinski definition) is 2. The molecule has 0 spiro atoms. The fraction of sp³-hybridized carbons (Fsp3) is 0.364. The summed E-state index contributed by atoms with van der Waals surface area (Å²) in [5, 5.41) is 7.30. The largest absolute Gasteiger partial charge is 0.435 e. The minimum atomic E-state index is -4.54. The molecule has 0 aliphatic heterocycles. The maximum Gasteiger partial charge on any atom is 0.435 e. The molecule has 0 bridgehead atoms. The first-order valence-electron chi connectivity index (χ1n) is 14.5. The topological polar surface area (TPSA) is 59.1 Å². The van der Waals surface area contributed by atoms with Gasteiger partial charge in [-0.2, -0.15) is 18.3 Å². The lowest BCUT2D eigenvalue weighted by atomic mass is 9.95. The van der Waals surface area contributed by atoms with Crippen molar-refractivity contribution in [1.82, 2.24) is 14.7 Å². The number of nitrogens with zero attached hydrogens (tertiary/aromatic N) is 3. The Labute approximate surface area is 239 Å². The van der Waals surface area contributed by atoms with Crippen molar-refractivity contribution in [3.8, 4) is 5.69 Å². The van der Waals surface area contributed by atoms with Gasteiger partial charge in [0.1, 0.15) is 0 Å².